The van der Waals surface area contributed by atoms with Crippen molar-refractivity contribution in [1.29, 1.82) is 0 Å². The van der Waals surface area contributed by atoms with E-state index in [-0.39, 0.29) is 6.04 Å². The topological polar surface area (TPSA) is 75.0 Å². The molecule has 0 saturated carbocycles. The lowest BCUT2D eigenvalue weighted by atomic mass is 10.1. The maximum atomic E-state index is 5.67. The van der Waals surface area contributed by atoms with E-state index >= 15 is 0 Å². The van der Waals surface area contributed by atoms with Gasteiger partial charge in [-0.05, 0) is 6.07 Å². The highest BCUT2D eigenvalue weighted by molar-refractivity contribution is 5.36. The van der Waals surface area contributed by atoms with Crippen molar-refractivity contribution in [2.45, 2.75) is 12.3 Å². The van der Waals surface area contributed by atoms with E-state index in [4.69, 9.17) is 24.8 Å². The van der Waals surface area contributed by atoms with Crippen molar-refractivity contribution in [2.75, 3.05) is 34.5 Å². The van der Waals surface area contributed by atoms with E-state index < -0.39 is 6.29 Å². The Morgan fingerprint density at radius 1 is 1.11 bits per heavy atom. The summed E-state index contributed by atoms with van der Waals surface area (Å²) in [5.74, 6) is 6.31. The Labute approximate surface area is 113 Å². The van der Waals surface area contributed by atoms with Crippen LogP contribution in [0.4, 0.5) is 0 Å². The number of ether oxygens (including phenoxy) is 4. The molecule has 19 heavy (non-hydrogen) atoms. The highest BCUT2D eigenvalue weighted by Crippen LogP contribution is 2.28. The van der Waals surface area contributed by atoms with Gasteiger partial charge < -0.3 is 18.9 Å². The second-order valence-corrected chi connectivity index (χ2v) is 3.86. The molecule has 0 bridgehead atoms. The average molecular weight is 270 g/mol. The summed E-state index contributed by atoms with van der Waals surface area (Å²) >= 11 is 0. The van der Waals surface area contributed by atoms with Gasteiger partial charge in [0, 0.05) is 26.9 Å². The highest BCUT2D eigenvalue weighted by Gasteiger charge is 2.24. The SMILES string of the molecule is COCCOc1ccccc1C(NN)C(OC)OC. The van der Waals surface area contributed by atoms with Crippen LogP contribution in [0.15, 0.2) is 24.3 Å². The van der Waals surface area contributed by atoms with Crippen molar-refractivity contribution in [3.8, 4) is 5.75 Å². The Bertz CT molecular complexity index is 358. The average Bonchev–Trinajstić information content (AvgIpc) is 2.46. The number of nitrogens with two attached hydrogens (primary N) is 1. The van der Waals surface area contributed by atoms with Crippen LogP contribution in [0.1, 0.15) is 11.6 Å². The van der Waals surface area contributed by atoms with Crippen LogP contribution in [0.3, 0.4) is 0 Å². The van der Waals surface area contributed by atoms with Gasteiger partial charge in [-0.25, -0.2) is 5.43 Å². The van der Waals surface area contributed by atoms with Crippen molar-refractivity contribution in [3.05, 3.63) is 29.8 Å². The Morgan fingerprint density at radius 2 is 1.79 bits per heavy atom. The van der Waals surface area contributed by atoms with E-state index in [1.54, 1.807) is 21.3 Å². The Hall–Kier alpha value is -1.18. The van der Waals surface area contributed by atoms with Crippen molar-refractivity contribution in [3.63, 3.8) is 0 Å². The molecule has 0 heterocycles. The predicted molar refractivity (Wildman–Crippen MR) is 71.7 cm³/mol. The van der Waals surface area contributed by atoms with E-state index in [9.17, 15) is 0 Å². The minimum atomic E-state index is -0.503. The first-order chi connectivity index (χ1) is 9.28. The van der Waals surface area contributed by atoms with Crippen LogP contribution in [0.25, 0.3) is 0 Å². The molecule has 0 radical (unpaired) electrons. The minimum Gasteiger partial charge on any atom is -0.491 e. The van der Waals surface area contributed by atoms with Crippen LogP contribution in [0.2, 0.25) is 0 Å². The Morgan fingerprint density at radius 3 is 2.37 bits per heavy atom. The molecule has 1 atom stereocenters. The quantitative estimate of drug-likeness (QED) is 0.300. The number of hydrogen-bond donors (Lipinski definition) is 2. The molecule has 6 heteroatoms. The largest absolute Gasteiger partial charge is 0.491 e. The molecule has 0 saturated heterocycles. The number of methoxy groups -OCH3 is 3. The monoisotopic (exact) mass is 270 g/mol. The standard InChI is InChI=1S/C13H22N2O4/c1-16-8-9-19-11-7-5-4-6-10(11)12(15-14)13(17-2)18-3/h4-7,12-13,15H,8-9,14H2,1-3H3. The van der Waals surface area contributed by atoms with E-state index in [2.05, 4.69) is 5.43 Å². The molecule has 0 amide bonds. The molecule has 3 N–H and O–H groups in total. The molecule has 1 unspecified atom stereocenters. The van der Waals surface area contributed by atoms with E-state index in [0.29, 0.717) is 13.2 Å². The normalized spacial score (nSPS) is 12.7. The van der Waals surface area contributed by atoms with Crippen LogP contribution in [0.5, 0.6) is 5.75 Å². The summed E-state index contributed by atoms with van der Waals surface area (Å²) in [5.41, 5.74) is 3.56. The number of nitrogens with one attached hydrogen (secondary N) is 1. The number of benzene rings is 1. The number of hydrogen-bond acceptors (Lipinski definition) is 6. The molecule has 1 rings (SSSR count). The molecule has 0 aliphatic carbocycles. The van der Waals surface area contributed by atoms with Crippen LogP contribution in [-0.4, -0.2) is 40.8 Å². The van der Waals surface area contributed by atoms with Gasteiger partial charge in [-0.3, -0.25) is 5.84 Å². The molecule has 0 fully saturated rings. The first kappa shape index (κ1) is 15.9. The second-order valence-electron chi connectivity index (χ2n) is 3.86. The van der Waals surface area contributed by atoms with Gasteiger partial charge in [-0.2, -0.15) is 0 Å². The van der Waals surface area contributed by atoms with Crippen molar-refractivity contribution in [2.24, 2.45) is 5.84 Å². The zero-order valence-electron chi connectivity index (χ0n) is 11.6. The van der Waals surface area contributed by atoms with Gasteiger partial charge in [0.1, 0.15) is 18.4 Å². The smallest absolute Gasteiger partial charge is 0.177 e. The van der Waals surface area contributed by atoms with E-state index in [1.165, 1.54) is 0 Å². The minimum absolute atomic E-state index is 0.325. The van der Waals surface area contributed by atoms with Crippen LogP contribution in [-0.2, 0) is 14.2 Å². The fourth-order valence-corrected chi connectivity index (χ4v) is 1.79. The third-order valence-electron chi connectivity index (χ3n) is 2.72. The summed E-state index contributed by atoms with van der Waals surface area (Å²) in [6.07, 6.45) is -0.503. The summed E-state index contributed by atoms with van der Waals surface area (Å²) < 4.78 is 21.1. The lowest BCUT2D eigenvalue weighted by Gasteiger charge is -2.26. The summed E-state index contributed by atoms with van der Waals surface area (Å²) in [6, 6.07) is 7.27. The first-order valence-electron chi connectivity index (χ1n) is 6.00. The van der Waals surface area contributed by atoms with Crippen LogP contribution >= 0.6 is 0 Å². The Balaban J connectivity index is 2.89. The molecule has 0 spiro atoms. The van der Waals surface area contributed by atoms with E-state index in [1.807, 2.05) is 24.3 Å². The molecule has 0 aromatic heterocycles. The van der Waals surface area contributed by atoms with Crippen LogP contribution < -0.4 is 16.0 Å². The lowest BCUT2D eigenvalue weighted by molar-refractivity contribution is -0.124. The summed E-state index contributed by atoms with van der Waals surface area (Å²) in [6.45, 7) is 0.989. The summed E-state index contributed by atoms with van der Waals surface area (Å²) in [7, 11) is 4.76. The summed E-state index contributed by atoms with van der Waals surface area (Å²) in [5, 5.41) is 0. The Kier molecular flexibility index (Phi) is 7.39. The number of hydrazine groups is 1. The van der Waals surface area contributed by atoms with Crippen LogP contribution in [0, 0.1) is 0 Å². The maximum absolute atomic E-state index is 5.67. The zero-order valence-corrected chi connectivity index (χ0v) is 11.6. The molecule has 6 nitrogen and oxygen atoms in total. The van der Waals surface area contributed by atoms with Crippen molar-refractivity contribution >= 4 is 0 Å². The van der Waals surface area contributed by atoms with Gasteiger partial charge in [0.25, 0.3) is 0 Å². The first-order valence-corrected chi connectivity index (χ1v) is 6.00. The summed E-state index contributed by atoms with van der Waals surface area (Å²) in [4.78, 5) is 0. The van der Waals surface area contributed by atoms with Crippen molar-refractivity contribution in [1.82, 2.24) is 5.43 Å². The molecular formula is C13H22N2O4. The van der Waals surface area contributed by atoms with Gasteiger partial charge >= 0.3 is 0 Å². The molecule has 1 aromatic carbocycles. The van der Waals surface area contributed by atoms with Gasteiger partial charge in [0.05, 0.1) is 6.61 Å². The molecule has 0 aliphatic rings. The fraction of sp³-hybridized carbons (Fsp3) is 0.538. The second kappa shape index (κ2) is 8.84. The number of para-hydroxylation sites is 1. The predicted octanol–water partition coefficient (Wildman–Crippen LogP) is 0.835. The van der Waals surface area contributed by atoms with Gasteiger partial charge in [-0.15, -0.1) is 0 Å². The molecular weight excluding hydrogens is 248 g/mol. The zero-order chi connectivity index (χ0) is 14.1. The molecule has 0 aliphatic heterocycles. The van der Waals surface area contributed by atoms with Gasteiger partial charge in [-0.1, -0.05) is 18.2 Å². The highest BCUT2D eigenvalue weighted by atomic mass is 16.7. The fourth-order valence-electron chi connectivity index (χ4n) is 1.79. The molecule has 1 aromatic rings. The third kappa shape index (κ3) is 4.45. The van der Waals surface area contributed by atoms with E-state index in [0.717, 1.165) is 11.3 Å². The maximum Gasteiger partial charge on any atom is 0.177 e. The number of rotatable bonds is 9. The molecule has 108 valence electrons. The van der Waals surface area contributed by atoms with Crippen molar-refractivity contribution < 1.29 is 18.9 Å². The third-order valence-corrected chi connectivity index (χ3v) is 2.72. The van der Waals surface area contributed by atoms with Gasteiger partial charge in [0.2, 0.25) is 0 Å². The lowest BCUT2D eigenvalue weighted by Crippen LogP contribution is -2.38. The van der Waals surface area contributed by atoms with Gasteiger partial charge in [0.15, 0.2) is 6.29 Å².